The molecular formula is C37H68O4. The third-order valence-electron chi connectivity index (χ3n) is 7.88. The van der Waals surface area contributed by atoms with Crippen LogP contribution in [-0.2, 0) is 14.3 Å². The lowest BCUT2D eigenvalue weighted by Gasteiger charge is -2.15. The summed E-state index contributed by atoms with van der Waals surface area (Å²) in [5.41, 5.74) is 0. The lowest BCUT2D eigenvalue weighted by Crippen LogP contribution is -2.16. The van der Waals surface area contributed by atoms with Crippen molar-refractivity contribution in [2.24, 2.45) is 0 Å². The zero-order valence-corrected chi connectivity index (χ0v) is 27.4. The van der Waals surface area contributed by atoms with Crippen LogP contribution in [0.5, 0.6) is 0 Å². The van der Waals surface area contributed by atoms with Crippen LogP contribution in [0.3, 0.4) is 0 Å². The number of aliphatic carboxylic acids is 1. The first kappa shape index (κ1) is 39.4. The molecule has 1 unspecified atom stereocenters. The fourth-order valence-corrected chi connectivity index (χ4v) is 5.20. The molecule has 0 radical (unpaired) electrons. The molecule has 0 saturated carbocycles. The third-order valence-corrected chi connectivity index (χ3v) is 7.88. The molecular weight excluding hydrogens is 508 g/mol. The molecule has 4 nitrogen and oxygen atoms in total. The molecule has 0 aromatic carbocycles. The Bertz CT molecular complexity index is 624. The number of hydrogen-bond acceptors (Lipinski definition) is 3. The quantitative estimate of drug-likeness (QED) is 0.0491. The van der Waals surface area contributed by atoms with E-state index in [1.54, 1.807) is 0 Å². The van der Waals surface area contributed by atoms with Crippen molar-refractivity contribution in [1.82, 2.24) is 0 Å². The second-order valence-electron chi connectivity index (χ2n) is 12.0. The molecule has 1 atom stereocenters. The summed E-state index contributed by atoms with van der Waals surface area (Å²) in [7, 11) is 0. The van der Waals surface area contributed by atoms with Crippen LogP contribution >= 0.6 is 0 Å². The fourth-order valence-electron chi connectivity index (χ4n) is 5.20. The highest BCUT2D eigenvalue weighted by Gasteiger charge is 2.11. The minimum atomic E-state index is -0.722. The molecule has 0 heterocycles. The van der Waals surface area contributed by atoms with Crippen LogP contribution in [0, 0.1) is 0 Å². The number of carbonyl (C=O) groups is 2. The Morgan fingerprint density at radius 3 is 1.46 bits per heavy atom. The van der Waals surface area contributed by atoms with Gasteiger partial charge in [-0.05, 0) is 70.3 Å². The summed E-state index contributed by atoms with van der Waals surface area (Å²) in [6, 6.07) is 0. The minimum absolute atomic E-state index is 0.0683. The van der Waals surface area contributed by atoms with Crippen LogP contribution in [0.1, 0.15) is 194 Å². The van der Waals surface area contributed by atoms with Gasteiger partial charge in [0.25, 0.3) is 0 Å². The monoisotopic (exact) mass is 577 g/mol. The van der Waals surface area contributed by atoms with Crippen LogP contribution in [0.4, 0.5) is 0 Å². The molecule has 0 aromatic heterocycles. The van der Waals surface area contributed by atoms with Gasteiger partial charge in [0.1, 0.15) is 6.10 Å². The Balaban J connectivity index is 3.92. The first-order valence-corrected chi connectivity index (χ1v) is 17.8. The number of esters is 1. The van der Waals surface area contributed by atoms with Gasteiger partial charge in [0.2, 0.25) is 0 Å². The van der Waals surface area contributed by atoms with Crippen molar-refractivity contribution in [2.45, 2.75) is 200 Å². The van der Waals surface area contributed by atoms with Crippen molar-refractivity contribution in [3.8, 4) is 0 Å². The number of carboxylic acids is 1. The Kier molecular flexibility index (Phi) is 31.7. The van der Waals surface area contributed by atoms with E-state index in [2.05, 4.69) is 38.2 Å². The molecule has 0 saturated heterocycles. The Hall–Kier alpha value is -1.58. The molecule has 0 amide bonds. The van der Waals surface area contributed by atoms with Crippen LogP contribution in [-0.4, -0.2) is 23.1 Å². The van der Waals surface area contributed by atoms with Crippen LogP contribution < -0.4 is 0 Å². The van der Waals surface area contributed by atoms with Crippen molar-refractivity contribution in [3.63, 3.8) is 0 Å². The summed E-state index contributed by atoms with van der Waals surface area (Å²) in [5, 5.41) is 8.79. The number of rotatable bonds is 32. The van der Waals surface area contributed by atoms with Crippen molar-refractivity contribution in [2.75, 3.05) is 0 Å². The van der Waals surface area contributed by atoms with Gasteiger partial charge < -0.3 is 9.84 Å². The lowest BCUT2D eigenvalue weighted by molar-refractivity contribution is -0.147. The number of carbonyl (C=O) groups excluding carboxylic acids is 1. The highest BCUT2D eigenvalue weighted by Crippen LogP contribution is 2.15. The van der Waals surface area contributed by atoms with E-state index in [0.29, 0.717) is 6.42 Å². The number of ether oxygens (including phenoxy) is 1. The van der Waals surface area contributed by atoms with Gasteiger partial charge >= 0.3 is 11.9 Å². The summed E-state index contributed by atoms with van der Waals surface area (Å²) in [5.74, 6) is -0.790. The smallest absolute Gasteiger partial charge is 0.306 e. The van der Waals surface area contributed by atoms with Gasteiger partial charge in [-0.1, -0.05) is 135 Å². The van der Waals surface area contributed by atoms with Crippen LogP contribution in [0.25, 0.3) is 0 Å². The average Bonchev–Trinajstić information content (AvgIpc) is 2.95. The van der Waals surface area contributed by atoms with Gasteiger partial charge in [-0.3, -0.25) is 9.59 Å². The first-order chi connectivity index (χ1) is 20.1. The van der Waals surface area contributed by atoms with Crippen molar-refractivity contribution in [1.29, 1.82) is 0 Å². The largest absolute Gasteiger partial charge is 0.481 e. The van der Waals surface area contributed by atoms with Gasteiger partial charge in [-0.25, -0.2) is 0 Å². The van der Waals surface area contributed by atoms with Gasteiger partial charge in [-0.2, -0.15) is 0 Å². The zero-order chi connectivity index (χ0) is 30.1. The molecule has 41 heavy (non-hydrogen) atoms. The van der Waals surface area contributed by atoms with Gasteiger partial charge in [0, 0.05) is 12.8 Å². The van der Waals surface area contributed by atoms with Crippen molar-refractivity contribution < 1.29 is 19.4 Å². The number of unbranched alkanes of at least 4 members (excludes halogenated alkanes) is 21. The van der Waals surface area contributed by atoms with Crippen molar-refractivity contribution in [3.05, 3.63) is 24.3 Å². The van der Waals surface area contributed by atoms with E-state index < -0.39 is 5.97 Å². The molecule has 0 fully saturated rings. The molecule has 4 heteroatoms. The summed E-state index contributed by atoms with van der Waals surface area (Å²) in [4.78, 5) is 23.2. The standard InChI is InChI=1S/C37H68O4/c1-3-5-7-9-11-12-13-14-15-16-17-18-19-20-22-24-30-34-37(40)41-35(31-27-23-21-10-8-6-4-2)32-28-25-26-29-33-36(38)39/h14-15,27,31,35H,3-13,16-26,28-30,32-34H2,1-2H3,(H,38,39)/b15-14-,31-27-. The van der Waals surface area contributed by atoms with Gasteiger partial charge in [-0.15, -0.1) is 0 Å². The van der Waals surface area contributed by atoms with E-state index in [9.17, 15) is 9.59 Å². The van der Waals surface area contributed by atoms with E-state index in [4.69, 9.17) is 9.84 Å². The van der Waals surface area contributed by atoms with Crippen LogP contribution in [0.2, 0.25) is 0 Å². The predicted octanol–water partition coefficient (Wildman–Crippen LogP) is 12.1. The van der Waals surface area contributed by atoms with Gasteiger partial charge in [0.05, 0.1) is 0 Å². The van der Waals surface area contributed by atoms with E-state index >= 15 is 0 Å². The van der Waals surface area contributed by atoms with Gasteiger partial charge in [0.15, 0.2) is 0 Å². The van der Waals surface area contributed by atoms with Crippen molar-refractivity contribution >= 4 is 11.9 Å². The first-order valence-electron chi connectivity index (χ1n) is 17.8. The maximum atomic E-state index is 12.5. The topological polar surface area (TPSA) is 63.6 Å². The normalized spacial score (nSPS) is 12.4. The number of allylic oxidation sites excluding steroid dienone is 3. The Morgan fingerprint density at radius 1 is 0.537 bits per heavy atom. The molecule has 0 aromatic rings. The maximum Gasteiger partial charge on any atom is 0.306 e. The molecule has 0 spiro atoms. The lowest BCUT2D eigenvalue weighted by atomic mass is 10.1. The van der Waals surface area contributed by atoms with E-state index in [1.807, 2.05) is 0 Å². The average molecular weight is 577 g/mol. The maximum absolute atomic E-state index is 12.5. The highest BCUT2D eigenvalue weighted by molar-refractivity contribution is 5.69. The summed E-state index contributed by atoms with van der Waals surface area (Å²) in [6.07, 6.45) is 40.6. The molecule has 0 bridgehead atoms. The molecule has 0 aliphatic carbocycles. The second kappa shape index (κ2) is 32.9. The summed E-state index contributed by atoms with van der Waals surface area (Å²) >= 11 is 0. The molecule has 1 N–H and O–H groups in total. The summed E-state index contributed by atoms with van der Waals surface area (Å²) < 4.78 is 5.84. The van der Waals surface area contributed by atoms with E-state index in [0.717, 1.165) is 51.4 Å². The molecule has 0 aliphatic heterocycles. The molecule has 0 aliphatic rings. The Labute approximate surface area is 255 Å². The second-order valence-corrected chi connectivity index (χ2v) is 12.0. The fraction of sp³-hybridized carbons (Fsp3) is 0.838. The minimum Gasteiger partial charge on any atom is -0.481 e. The number of hydrogen-bond donors (Lipinski definition) is 1. The van der Waals surface area contributed by atoms with E-state index in [1.165, 1.54) is 116 Å². The Morgan fingerprint density at radius 2 is 0.951 bits per heavy atom. The predicted molar refractivity (Wildman–Crippen MR) is 176 cm³/mol. The van der Waals surface area contributed by atoms with Crippen LogP contribution in [0.15, 0.2) is 24.3 Å². The molecule has 0 rings (SSSR count). The number of carboxylic acid groups (broad SMARTS) is 1. The zero-order valence-electron chi connectivity index (χ0n) is 27.4. The van der Waals surface area contributed by atoms with E-state index in [-0.39, 0.29) is 18.5 Å². The highest BCUT2D eigenvalue weighted by atomic mass is 16.5. The third kappa shape index (κ3) is 32.8. The SMILES string of the molecule is CCCCCCC/C=C\C(CCCCCCC(=O)O)OC(=O)CCCCCCCCC/C=C\CCCCCCCC. The summed E-state index contributed by atoms with van der Waals surface area (Å²) in [6.45, 7) is 4.51. The molecule has 240 valence electrons.